The monoisotopic (exact) mass is 362 g/mol. The van der Waals surface area contributed by atoms with E-state index in [2.05, 4.69) is 10.6 Å². The smallest absolute Gasteiger partial charge is 0.338 e. The van der Waals surface area contributed by atoms with Gasteiger partial charge in [-0.2, -0.15) is 0 Å². The van der Waals surface area contributed by atoms with E-state index in [4.69, 9.17) is 14.2 Å². The molecule has 0 bridgehead atoms. The second-order valence-electron chi connectivity index (χ2n) is 5.82. The first-order valence-corrected chi connectivity index (χ1v) is 8.82. The Morgan fingerprint density at radius 2 is 1.85 bits per heavy atom. The van der Waals surface area contributed by atoms with Crippen LogP contribution in [0.25, 0.3) is 0 Å². The Labute approximate surface area is 153 Å². The van der Waals surface area contributed by atoms with Crippen molar-refractivity contribution in [2.75, 3.05) is 26.4 Å². The quantitative estimate of drug-likeness (QED) is 0.521. The summed E-state index contributed by atoms with van der Waals surface area (Å²) in [6.07, 6.45) is 0.922. The summed E-state index contributed by atoms with van der Waals surface area (Å²) in [6.45, 7) is 7.29. The van der Waals surface area contributed by atoms with Gasteiger partial charge in [0.25, 0.3) is 0 Å². The summed E-state index contributed by atoms with van der Waals surface area (Å²) in [5, 5.41) is 5.40. The molecule has 0 radical (unpaired) electrons. The maximum absolute atomic E-state index is 12.5. The van der Waals surface area contributed by atoms with E-state index >= 15 is 0 Å². The summed E-state index contributed by atoms with van der Waals surface area (Å²) >= 11 is 0. The summed E-state index contributed by atoms with van der Waals surface area (Å²) in [5.41, 5.74) is 1.63. The first-order chi connectivity index (χ1) is 12.6. The average molecular weight is 362 g/mol. The van der Waals surface area contributed by atoms with E-state index in [-0.39, 0.29) is 12.6 Å². The lowest BCUT2D eigenvalue weighted by molar-refractivity contribution is -0.141. The molecule has 1 aliphatic heterocycles. The molecule has 1 aliphatic rings. The van der Waals surface area contributed by atoms with E-state index in [0.717, 1.165) is 17.7 Å². The van der Waals surface area contributed by atoms with E-state index in [9.17, 15) is 9.59 Å². The van der Waals surface area contributed by atoms with E-state index in [1.807, 2.05) is 38.1 Å². The first-order valence-electron chi connectivity index (χ1n) is 8.82. The van der Waals surface area contributed by atoms with Crippen LogP contribution >= 0.6 is 0 Å². The highest BCUT2D eigenvalue weighted by Crippen LogP contribution is 2.28. The van der Waals surface area contributed by atoms with Crippen LogP contribution in [0.1, 0.15) is 38.8 Å². The van der Waals surface area contributed by atoms with Crippen LogP contribution in [0.4, 0.5) is 4.79 Å². The minimum Gasteiger partial charge on any atom is -0.494 e. The number of urea groups is 1. The van der Waals surface area contributed by atoms with E-state index in [1.165, 1.54) is 0 Å². The third-order valence-electron chi connectivity index (χ3n) is 3.84. The van der Waals surface area contributed by atoms with Crippen molar-refractivity contribution in [3.63, 3.8) is 0 Å². The Balaban J connectivity index is 2.16. The molecule has 0 spiro atoms. The fourth-order valence-corrected chi connectivity index (χ4v) is 2.61. The fourth-order valence-electron chi connectivity index (χ4n) is 2.61. The molecule has 142 valence electrons. The number of benzene rings is 1. The van der Waals surface area contributed by atoms with Crippen molar-refractivity contribution >= 4 is 12.0 Å². The fraction of sp³-hybridized carbons (Fsp3) is 0.474. The van der Waals surface area contributed by atoms with Gasteiger partial charge in [-0.15, -0.1) is 0 Å². The van der Waals surface area contributed by atoms with Gasteiger partial charge in [0.05, 0.1) is 24.8 Å². The van der Waals surface area contributed by atoms with Crippen LogP contribution < -0.4 is 15.4 Å². The SMILES string of the molecule is CCCOc1ccc([C@H]2NC(=O)NC(C)=C2C(=O)OCCOCC)cc1. The molecule has 26 heavy (non-hydrogen) atoms. The van der Waals surface area contributed by atoms with Gasteiger partial charge < -0.3 is 24.8 Å². The Bertz CT molecular complexity index is 654. The molecular formula is C19H26N2O5. The van der Waals surface area contributed by atoms with Crippen LogP contribution in [0.2, 0.25) is 0 Å². The number of carbonyl (C=O) groups excluding carboxylic acids is 2. The van der Waals surface area contributed by atoms with Crippen LogP contribution in [-0.4, -0.2) is 38.4 Å². The molecule has 0 saturated carbocycles. The number of esters is 1. The Morgan fingerprint density at radius 1 is 1.12 bits per heavy atom. The summed E-state index contributed by atoms with van der Waals surface area (Å²) in [5.74, 6) is 0.267. The number of ether oxygens (including phenoxy) is 3. The molecule has 0 aliphatic carbocycles. The predicted molar refractivity (Wildman–Crippen MR) is 96.8 cm³/mol. The maximum Gasteiger partial charge on any atom is 0.338 e. The maximum atomic E-state index is 12.5. The summed E-state index contributed by atoms with van der Waals surface area (Å²) in [7, 11) is 0. The van der Waals surface area contributed by atoms with Gasteiger partial charge in [0, 0.05) is 12.3 Å². The van der Waals surface area contributed by atoms with Crippen molar-refractivity contribution in [3.05, 3.63) is 41.1 Å². The number of rotatable bonds is 9. The molecule has 1 atom stereocenters. The van der Waals surface area contributed by atoms with Crippen LogP contribution in [0, 0.1) is 0 Å². The molecule has 2 rings (SSSR count). The van der Waals surface area contributed by atoms with Crippen LogP contribution in [0.5, 0.6) is 5.75 Å². The lowest BCUT2D eigenvalue weighted by Crippen LogP contribution is -2.45. The molecule has 0 aromatic heterocycles. The van der Waals surface area contributed by atoms with Crippen molar-refractivity contribution < 1.29 is 23.8 Å². The highest BCUT2D eigenvalue weighted by Gasteiger charge is 2.32. The largest absolute Gasteiger partial charge is 0.494 e. The number of nitrogens with one attached hydrogen (secondary N) is 2. The van der Waals surface area contributed by atoms with Crippen molar-refractivity contribution in [2.45, 2.75) is 33.2 Å². The lowest BCUT2D eigenvalue weighted by atomic mass is 9.95. The van der Waals surface area contributed by atoms with Crippen molar-refractivity contribution in [1.82, 2.24) is 10.6 Å². The third kappa shape index (κ3) is 5.23. The van der Waals surface area contributed by atoms with Crippen molar-refractivity contribution in [3.8, 4) is 5.75 Å². The Hall–Kier alpha value is -2.54. The van der Waals surface area contributed by atoms with Gasteiger partial charge in [-0.05, 0) is 38.0 Å². The van der Waals surface area contributed by atoms with Gasteiger partial charge in [0.2, 0.25) is 0 Å². The lowest BCUT2D eigenvalue weighted by Gasteiger charge is -2.28. The van der Waals surface area contributed by atoms with Gasteiger partial charge in [-0.1, -0.05) is 19.1 Å². The van der Waals surface area contributed by atoms with Gasteiger partial charge in [-0.25, -0.2) is 9.59 Å². The Kier molecular flexibility index (Phi) is 7.47. The molecule has 7 nitrogen and oxygen atoms in total. The highest BCUT2D eigenvalue weighted by atomic mass is 16.6. The zero-order valence-electron chi connectivity index (χ0n) is 15.5. The number of carbonyl (C=O) groups is 2. The molecule has 0 saturated heterocycles. The summed E-state index contributed by atoms with van der Waals surface area (Å²) < 4.78 is 16.0. The van der Waals surface area contributed by atoms with Gasteiger partial charge in [0.15, 0.2) is 0 Å². The topological polar surface area (TPSA) is 85.9 Å². The average Bonchev–Trinajstić information content (AvgIpc) is 2.63. The zero-order valence-corrected chi connectivity index (χ0v) is 15.5. The van der Waals surface area contributed by atoms with Gasteiger partial charge in [0.1, 0.15) is 12.4 Å². The van der Waals surface area contributed by atoms with E-state index in [1.54, 1.807) is 6.92 Å². The number of hydrogen-bond acceptors (Lipinski definition) is 5. The van der Waals surface area contributed by atoms with Crippen LogP contribution in [-0.2, 0) is 14.3 Å². The molecule has 7 heteroatoms. The number of allylic oxidation sites excluding steroid dienone is 1. The third-order valence-corrected chi connectivity index (χ3v) is 3.84. The minimum atomic E-state index is -0.580. The molecule has 0 fully saturated rings. The van der Waals surface area contributed by atoms with Crippen molar-refractivity contribution in [2.24, 2.45) is 0 Å². The number of amides is 2. The summed E-state index contributed by atoms with van der Waals surface area (Å²) in [6, 6.07) is 6.39. The van der Waals surface area contributed by atoms with Gasteiger partial charge in [-0.3, -0.25) is 0 Å². The molecular weight excluding hydrogens is 336 g/mol. The van der Waals surface area contributed by atoms with Crippen LogP contribution in [0.15, 0.2) is 35.5 Å². The molecule has 1 aromatic carbocycles. The standard InChI is InChI=1S/C19H26N2O5/c1-4-10-25-15-8-6-14(7-9-15)17-16(13(3)20-19(23)21-17)18(22)26-12-11-24-5-2/h6-9,17H,4-5,10-12H2,1-3H3,(H2,20,21,23)/t17-/m1/s1. The normalized spacial score (nSPS) is 16.7. The molecule has 2 amide bonds. The van der Waals surface area contributed by atoms with E-state index < -0.39 is 12.0 Å². The molecule has 1 heterocycles. The molecule has 2 N–H and O–H groups in total. The zero-order chi connectivity index (χ0) is 18.9. The highest BCUT2D eigenvalue weighted by molar-refractivity contribution is 5.95. The Morgan fingerprint density at radius 3 is 2.50 bits per heavy atom. The van der Waals surface area contributed by atoms with Crippen molar-refractivity contribution in [1.29, 1.82) is 0 Å². The van der Waals surface area contributed by atoms with Crippen LogP contribution in [0.3, 0.4) is 0 Å². The second kappa shape index (κ2) is 9.82. The minimum absolute atomic E-state index is 0.161. The predicted octanol–water partition coefficient (Wildman–Crippen LogP) is 2.68. The second-order valence-corrected chi connectivity index (χ2v) is 5.82. The van der Waals surface area contributed by atoms with Gasteiger partial charge >= 0.3 is 12.0 Å². The molecule has 1 aromatic rings. The van der Waals surface area contributed by atoms with E-state index in [0.29, 0.717) is 31.1 Å². The number of hydrogen-bond donors (Lipinski definition) is 2. The first kappa shape index (κ1) is 19.8. The molecule has 0 unspecified atom stereocenters. The summed E-state index contributed by atoms with van der Waals surface area (Å²) in [4.78, 5) is 24.4.